The van der Waals surface area contributed by atoms with Gasteiger partial charge in [0.05, 0.1) is 37.0 Å². The van der Waals surface area contributed by atoms with E-state index < -0.39 is 73.8 Å². The minimum absolute atomic E-state index is 0.205. The van der Waals surface area contributed by atoms with Crippen LogP contribution in [0, 0.1) is 0 Å². The van der Waals surface area contributed by atoms with Crippen LogP contribution in [0.2, 0.25) is 0 Å². The number of hydrogen-bond acceptors (Lipinski definition) is 11. The van der Waals surface area contributed by atoms with Crippen LogP contribution >= 0.6 is 0 Å². The number of azide groups is 3. The van der Waals surface area contributed by atoms with Crippen molar-refractivity contribution in [3.63, 3.8) is 0 Å². The maximum Gasteiger partial charge on any atom is 0.169 e. The minimum Gasteiger partial charge on any atom is -0.394 e. The van der Waals surface area contributed by atoms with Crippen LogP contribution in [0.25, 0.3) is 31.3 Å². The van der Waals surface area contributed by atoms with Gasteiger partial charge in [0.2, 0.25) is 0 Å². The molecular formula is C13H21N9O8. The SMILES string of the molecule is [N-]=[N+]=N[C@H]1[C@@H](O[C@H]2[C@H](O)[C@@H](O)[C@H](N=[N+]=[N-])C[C@@H]2N=[N+]=[N-])O[C@H](C(O)CO)[C@@H](O)[C@@H]1O. The third-order valence-corrected chi connectivity index (χ3v) is 4.99. The fraction of sp³-hybridized carbons (Fsp3) is 1.00. The molecule has 2 aliphatic rings. The second-order valence-corrected chi connectivity index (χ2v) is 6.76. The zero-order valence-electron chi connectivity index (χ0n) is 15.3. The third kappa shape index (κ3) is 4.84. The largest absolute Gasteiger partial charge is 0.394 e. The molecule has 0 aromatic carbocycles. The summed E-state index contributed by atoms with van der Waals surface area (Å²) in [6, 6.07) is -3.85. The summed E-state index contributed by atoms with van der Waals surface area (Å²) in [6.45, 7) is -0.840. The fourth-order valence-electron chi connectivity index (χ4n) is 3.45. The van der Waals surface area contributed by atoms with Crippen LogP contribution in [-0.2, 0) is 9.47 Å². The maximum absolute atomic E-state index is 10.4. The van der Waals surface area contributed by atoms with Crippen LogP contribution in [0.5, 0.6) is 0 Å². The van der Waals surface area contributed by atoms with E-state index in [0.717, 1.165) is 0 Å². The van der Waals surface area contributed by atoms with Gasteiger partial charge in [-0.2, -0.15) is 0 Å². The summed E-state index contributed by atoms with van der Waals surface area (Å²) in [6.07, 6.45) is -13.4. The van der Waals surface area contributed by atoms with Crippen molar-refractivity contribution in [2.75, 3.05) is 6.61 Å². The maximum atomic E-state index is 10.4. The molecule has 11 atom stereocenters. The summed E-state index contributed by atoms with van der Waals surface area (Å²) in [5.74, 6) is 0. The lowest BCUT2D eigenvalue weighted by molar-refractivity contribution is -0.303. The summed E-state index contributed by atoms with van der Waals surface area (Å²) >= 11 is 0. The van der Waals surface area contributed by atoms with Gasteiger partial charge in [0.1, 0.15) is 30.5 Å². The van der Waals surface area contributed by atoms with Crippen molar-refractivity contribution in [1.29, 1.82) is 0 Å². The first-order chi connectivity index (χ1) is 14.3. The van der Waals surface area contributed by atoms with E-state index in [0.29, 0.717) is 0 Å². The molecule has 0 spiro atoms. The first kappa shape index (κ1) is 23.9. The molecule has 0 radical (unpaired) electrons. The van der Waals surface area contributed by atoms with Crippen molar-refractivity contribution in [3.05, 3.63) is 31.3 Å². The van der Waals surface area contributed by atoms with Gasteiger partial charge in [-0.15, -0.1) is 0 Å². The lowest BCUT2D eigenvalue weighted by Crippen LogP contribution is -2.64. The molecule has 6 N–H and O–H groups in total. The Kier molecular flexibility index (Phi) is 8.43. The molecule has 1 heterocycles. The van der Waals surface area contributed by atoms with E-state index in [1.165, 1.54) is 0 Å². The summed E-state index contributed by atoms with van der Waals surface area (Å²) in [4.78, 5) is 7.72. The highest BCUT2D eigenvalue weighted by Crippen LogP contribution is 2.33. The van der Waals surface area contributed by atoms with E-state index in [1.54, 1.807) is 0 Å². The molecule has 1 aliphatic carbocycles. The molecule has 1 unspecified atom stereocenters. The molecule has 17 nitrogen and oxygen atoms in total. The van der Waals surface area contributed by atoms with Crippen molar-refractivity contribution in [3.8, 4) is 0 Å². The highest BCUT2D eigenvalue weighted by molar-refractivity contribution is 5.02. The van der Waals surface area contributed by atoms with Crippen molar-refractivity contribution < 1.29 is 40.1 Å². The second kappa shape index (κ2) is 10.6. The molecule has 2 fully saturated rings. The predicted molar refractivity (Wildman–Crippen MR) is 94.1 cm³/mol. The molecule has 30 heavy (non-hydrogen) atoms. The van der Waals surface area contributed by atoms with Gasteiger partial charge in [-0.3, -0.25) is 0 Å². The van der Waals surface area contributed by atoms with Gasteiger partial charge >= 0.3 is 0 Å². The molecule has 0 bridgehead atoms. The van der Waals surface area contributed by atoms with Crippen molar-refractivity contribution in [2.24, 2.45) is 15.3 Å². The molecule has 1 aliphatic heterocycles. The van der Waals surface area contributed by atoms with Gasteiger partial charge in [0.25, 0.3) is 0 Å². The highest BCUT2D eigenvalue weighted by atomic mass is 16.7. The Hall–Kier alpha value is -2.39. The molecule has 0 aromatic heterocycles. The molecule has 1 saturated carbocycles. The monoisotopic (exact) mass is 431 g/mol. The number of aliphatic hydroxyl groups excluding tert-OH is 6. The van der Waals surface area contributed by atoms with Crippen molar-refractivity contribution >= 4 is 0 Å². The first-order valence-corrected chi connectivity index (χ1v) is 8.75. The summed E-state index contributed by atoms with van der Waals surface area (Å²) < 4.78 is 10.9. The third-order valence-electron chi connectivity index (χ3n) is 4.99. The van der Waals surface area contributed by atoms with E-state index in [4.69, 9.17) is 31.2 Å². The van der Waals surface area contributed by atoms with Crippen molar-refractivity contribution in [2.45, 2.75) is 73.6 Å². The zero-order chi connectivity index (χ0) is 22.4. The predicted octanol–water partition coefficient (Wildman–Crippen LogP) is -1.67. The standard InChI is InChI=1S/C13H21N9O8/c14-20-17-3-1-4(18-21-15)11(9(27)7(3)25)29-13-6(19-22-16)8(26)10(28)12(30-13)5(24)2-23/h3-13,23-28H,1-2H2/t3-,4+,5?,6-,7+,8-,9-,10+,11-,12-,13+/m1/s1. The van der Waals surface area contributed by atoms with E-state index in [9.17, 15) is 25.5 Å². The number of ether oxygens (including phenoxy) is 2. The fourth-order valence-corrected chi connectivity index (χ4v) is 3.45. The normalized spacial score (nSPS) is 42.2. The number of aliphatic hydroxyl groups is 6. The summed E-state index contributed by atoms with van der Waals surface area (Å²) in [5.41, 5.74) is 26.1. The van der Waals surface area contributed by atoms with Crippen LogP contribution in [0.15, 0.2) is 15.3 Å². The van der Waals surface area contributed by atoms with Gasteiger partial charge in [0, 0.05) is 14.7 Å². The van der Waals surface area contributed by atoms with Crippen LogP contribution in [0.4, 0.5) is 0 Å². The van der Waals surface area contributed by atoms with Crippen LogP contribution in [0.3, 0.4) is 0 Å². The van der Waals surface area contributed by atoms with Crippen molar-refractivity contribution in [1.82, 2.24) is 0 Å². The van der Waals surface area contributed by atoms with E-state index >= 15 is 0 Å². The Morgan fingerprint density at radius 3 is 2.07 bits per heavy atom. The molecule has 0 aromatic rings. The number of nitrogens with zero attached hydrogens (tertiary/aromatic N) is 9. The Labute approximate surface area is 168 Å². The topological polar surface area (TPSA) is 286 Å². The molecule has 166 valence electrons. The Bertz CT molecular complexity index is 740. The quantitative estimate of drug-likeness (QED) is 0.153. The molecule has 17 heteroatoms. The summed E-state index contributed by atoms with van der Waals surface area (Å²) in [5, 5.41) is 70.0. The average Bonchev–Trinajstić information content (AvgIpc) is 2.73. The lowest BCUT2D eigenvalue weighted by Gasteiger charge is -2.46. The van der Waals surface area contributed by atoms with E-state index in [1.807, 2.05) is 0 Å². The van der Waals surface area contributed by atoms with Crippen LogP contribution < -0.4 is 0 Å². The summed E-state index contributed by atoms with van der Waals surface area (Å²) in [7, 11) is 0. The number of hydrogen-bond donors (Lipinski definition) is 6. The molecular weight excluding hydrogens is 410 g/mol. The van der Waals surface area contributed by atoms with Gasteiger partial charge < -0.3 is 40.1 Å². The Morgan fingerprint density at radius 1 is 0.900 bits per heavy atom. The highest BCUT2D eigenvalue weighted by Gasteiger charge is 2.51. The minimum atomic E-state index is -1.79. The molecule has 2 rings (SSSR count). The van der Waals surface area contributed by atoms with Gasteiger partial charge in [-0.1, -0.05) is 15.3 Å². The number of rotatable bonds is 7. The Morgan fingerprint density at radius 2 is 1.50 bits per heavy atom. The van der Waals surface area contributed by atoms with Gasteiger partial charge in [-0.25, -0.2) is 0 Å². The second-order valence-electron chi connectivity index (χ2n) is 6.76. The van der Waals surface area contributed by atoms with Gasteiger partial charge in [0.15, 0.2) is 6.29 Å². The lowest BCUT2D eigenvalue weighted by atomic mass is 9.84. The van der Waals surface area contributed by atoms with Gasteiger partial charge in [-0.05, 0) is 23.0 Å². The van der Waals surface area contributed by atoms with E-state index in [2.05, 4.69) is 30.1 Å². The zero-order valence-corrected chi connectivity index (χ0v) is 15.3. The Balaban J connectivity index is 2.34. The molecule has 0 amide bonds. The van der Waals surface area contributed by atoms with Crippen LogP contribution in [-0.4, -0.2) is 104 Å². The first-order valence-electron chi connectivity index (χ1n) is 8.75. The van der Waals surface area contributed by atoms with Crippen LogP contribution in [0.1, 0.15) is 6.42 Å². The smallest absolute Gasteiger partial charge is 0.169 e. The molecule has 1 saturated heterocycles. The average molecular weight is 431 g/mol. The van der Waals surface area contributed by atoms with E-state index in [-0.39, 0.29) is 6.42 Å².